The van der Waals surface area contributed by atoms with Gasteiger partial charge < -0.3 is 33.8 Å². The molecule has 558 valence electrons. The number of hydrogen-bond acceptors (Lipinski definition) is 15. The van der Waals surface area contributed by atoms with Crippen LogP contribution in [-0.4, -0.2) is 96.7 Å². The monoisotopic (exact) mass is 1380 g/mol. The summed E-state index contributed by atoms with van der Waals surface area (Å²) in [7, 11) is -9.91. The van der Waals surface area contributed by atoms with Crippen molar-refractivity contribution in [2.75, 3.05) is 39.6 Å². The summed E-state index contributed by atoms with van der Waals surface area (Å²) in [6, 6.07) is 0. The van der Waals surface area contributed by atoms with Gasteiger partial charge in [-0.2, -0.15) is 0 Å². The molecule has 0 fully saturated rings. The van der Waals surface area contributed by atoms with E-state index in [-0.39, 0.29) is 25.7 Å². The zero-order valence-corrected chi connectivity index (χ0v) is 63.1. The number of phosphoric acid groups is 2. The number of carbonyl (C=O) groups is 4. The van der Waals surface area contributed by atoms with E-state index in [9.17, 15) is 43.2 Å². The van der Waals surface area contributed by atoms with Crippen LogP contribution >= 0.6 is 15.6 Å². The van der Waals surface area contributed by atoms with Gasteiger partial charge in [0, 0.05) is 25.7 Å². The molecule has 0 bridgehead atoms. The van der Waals surface area contributed by atoms with Crippen molar-refractivity contribution >= 4 is 39.5 Å². The summed E-state index contributed by atoms with van der Waals surface area (Å²) in [6.45, 7) is 9.59. The summed E-state index contributed by atoms with van der Waals surface area (Å²) in [5, 5.41) is 10.6. The Hall–Kier alpha value is -1.94. The minimum absolute atomic E-state index is 0.107. The molecule has 0 aliphatic carbocycles. The van der Waals surface area contributed by atoms with Gasteiger partial charge in [0.1, 0.15) is 19.3 Å². The highest BCUT2D eigenvalue weighted by atomic mass is 31.2. The predicted molar refractivity (Wildman–Crippen MR) is 381 cm³/mol. The summed E-state index contributed by atoms with van der Waals surface area (Å²) >= 11 is 0. The number of hydrogen-bond donors (Lipinski definition) is 3. The lowest BCUT2D eigenvalue weighted by Crippen LogP contribution is -2.30. The van der Waals surface area contributed by atoms with E-state index in [0.29, 0.717) is 25.7 Å². The fraction of sp³-hybridized carbons (Fsp3) is 0.947. The van der Waals surface area contributed by atoms with Crippen molar-refractivity contribution in [2.45, 2.75) is 407 Å². The molecule has 0 aromatic carbocycles. The molecule has 0 aliphatic heterocycles. The van der Waals surface area contributed by atoms with Crippen LogP contribution in [0.3, 0.4) is 0 Å². The smallest absolute Gasteiger partial charge is 0.462 e. The average molecular weight is 1380 g/mol. The van der Waals surface area contributed by atoms with Crippen molar-refractivity contribution in [1.82, 2.24) is 0 Å². The summed E-state index contributed by atoms with van der Waals surface area (Å²) in [4.78, 5) is 72.8. The Bertz CT molecular complexity index is 1820. The molecule has 0 radical (unpaired) electrons. The maximum atomic E-state index is 13.1. The molecule has 0 rings (SSSR count). The standard InChI is InChI=1S/C75H146O17P2/c1-7-10-12-14-16-18-20-22-23-24-25-26-28-34-42-48-54-60-75(80)91-70(63-85-72(77)57-51-45-39-32-30-29-31-38-44-50-56-68(6)9-3)65-89-93(81,82)87-61-69(76)62-88-94(83,84)90-66-71(64-86-73(78)58-52-46-40-36-35-37-43-49-55-67(4)5)92-74(79)59-53-47-41-33-27-21-19-17-15-13-11-8-2/h67-71,76H,7-66H2,1-6H3,(H,81,82)(H,83,84)/t68?,69-,70-,71-/m1/s1. The van der Waals surface area contributed by atoms with E-state index < -0.39 is 97.5 Å². The van der Waals surface area contributed by atoms with E-state index in [2.05, 4.69) is 41.5 Å². The Morgan fingerprint density at radius 2 is 0.543 bits per heavy atom. The van der Waals surface area contributed by atoms with Gasteiger partial charge in [0.25, 0.3) is 0 Å². The molecule has 0 aliphatic rings. The largest absolute Gasteiger partial charge is 0.472 e. The Morgan fingerprint density at radius 1 is 0.309 bits per heavy atom. The number of ether oxygens (including phenoxy) is 4. The Morgan fingerprint density at radius 3 is 0.809 bits per heavy atom. The summed E-state index contributed by atoms with van der Waals surface area (Å²) in [5.74, 6) is -0.579. The molecule has 19 heteroatoms. The number of aliphatic hydroxyl groups is 1. The van der Waals surface area contributed by atoms with E-state index in [1.807, 2.05) is 0 Å². The normalized spacial score (nSPS) is 14.3. The van der Waals surface area contributed by atoms with E-state index in [4.69, 9.17) is 37.0 Å². The van der Waals surface area contributed by atoms with Crippen molar-refractivity contribution < 1.29 is 80.2 Å². The molecule has 17 nitrogen and oxygen atoms in total. The van der Waals surface area contributed by atoms with E-state index in [0.717, 1.165) is 102 Å². The molecule has 0 saturated heterocycles. The van der Waals surface area contributed by atoms with Crippen LogP contribution in [0.25, 0.3) is 0 Å². The lowest BCUT2D eigenvalue weighted by molar-refractivity contribution is -0.161. The van der Waals surface area contributed by atoms with Crippen LogP contribution in [0.4, 0.5) is 0 Å². The van der Waals surface area contributed by atoms with Crippen LogP contribution in [0.2, 0.25) is 0 Å². The van der Waals surface area contributed by atoms with E-state index in [1.165, 1.54) is 205 Å². The fourth-order valence-corrected chi connectivity index (χ4v) is 13.0. The molecule has 0 spiro atoms. The molecule has 94 heavy (non-hydrogen) atoms. The van der Waals surface area contributed by atoms with Gasteiger partial charge in [0.05, 0.1) is 26.4 Å². The fourth-order valence-electron chi connectivity index (χ4n) is 11.4. The topological polar surface area (TPSA) is 237 Å². The summed E-state index contributed by atoms with van der Waals surface area (Å²) in [5.41, 5.74) is 0. The van der Waals surface area contributed by atoms with Gasteiger partial charge in [0.2, 0.25) is 0 Å². The molecule has 3 N–H and O–H groups in total. The number of phosphoric ester groups is 2. The molecule has 3 unspecified atom stereocenters. The third-order valence-electron chi connectivity index (χ3n) is 17.8. The molecule has 0 amide bonds. The van der Waals surface area contributed by atoms with Crippen LogP contribution < -0.4 is 0 Å². The van der Waals surface area contributed by atoms with Crippen LogP contribution in [0.15, 0.2) is 0 Å². The van der Waals surface area contributed by atoms with Crippen molar-refractivity contribution in [3.05, 3.63) is 0 Å². The van der Waals surface area contributed by atoms with Gasteiger partial charge in [-0.25, -0.2) is 9.13 Å². The summed E-state index contributed by atoms with van der Waals surface area (Å²) in [6.07, 6.45) is 54.0. The van der Waals surface area contributed by atoms with E-state index in [1.54, 1.807) is 0 Å². The lowest BCUT2D eigenvalue weighted by Gasteiger charge is -2.21. The van der Waals surface area contributed by atoms with Crippen LogP contribution in [0, 0.1) is 11.8 Å². The second kappa shape index (κ2) is 66.9. The first-order valence-corrected chi connectivity index (χ1v) is 42.0. The maximum absolute atomic E-state index is 13.1. The lowest BCUT2D eigenvalue weighted by atomic mass is 9.99. The Balaban J connectivity index is 5.25. The maximum Gasteiger partial charge on any atom is 0.472 e. The first kappa shape index (κ1) is 92.1. The van der Waals surface area contributed by atoms with Crippen molar-refractivity contribution in [3.8, 4) is 0 Å². The molecule has 6 atom stereocenters. The first-order valence-electron chi connectivity index (χ1n) is 39.0. The molecular weight excluding hydrogens is 1230 g/mol. The number of aliphatic hydroxyl groups excluding tert-OH is 1. The van der Waals surface area contributed by atoms with E-state index >= 15 is 0 Å². The van der Waals surface area contributed by atoms with Crippen molar-refractivity contribution in [2.24, 2.45) is 11.8 Å². The minimum atomic E-state index is -4.96. The van der Waals surface area contributed by atoms with Gasteiger partial charge in [-0.1, -0.05) is 337 Å². The van der Waals surface area contributed by atoms with Crippen LogP contribution in [0.1, 0.15) is 388 Å². The second-order valence-electron chi connectivity index (χ2n) is 27.8. The van der Waals surface area contributed by atoms with Crippen LogP contribution in [-0.2, 0) is 65.4 Å². The first-order chi connectivity index (χ1) is 45.4. The van der Waals surface area contributed by atoms with Gasteiger partial charge in [0.15, 0.2) is 12.2 Å². The third kappa shape index (κ3) is 67.3. The molecule has 0 aromatic heterocycles. The molecule has 0 heterocycles. The van der Waals surface area contributed by atoms with Crippen molar-refractivity contribution in [1.29, 1.82) is 0 Å². The number of carbonyl (C=O) groups excluding carboxylic acids is 4. The third-order valence-corrected chi connectivity index (χ3v) is 19.7. The predicted octanol–water partition coefficient (Wildman–Crippen LogP) is 21.9. The zero-order chi connectivity index (χ0) is 69.3. The van der Waals surface area contributed by atoms with Gasteiger partial charge in [-0.3, -0.25) is 37.3 Å². The highest BCUT2D eigenvalue weighted by Gasteiger charge is 2.30. The highest BCUT2D eigenvalue weighted by molar-refractivity contribution is 7.47. The molecule has 0 aromatic rings. The molecular formula is C75H146O17P2. The minimum Gasteiger partial charge on any atom is -0.462 e. The molecule has 0 saturated carbocycles. The highest BCUT2D eigenvalue weighted by Crippen LogP contribution is 2.45. The van der Waals surface area contributed by atoms with Crippen molar-refractivity contribution in [3.63, 3.8) is 0 Å². The summed E-state index contributed by atoms with van der Waals surface area (Å²) < 4.78 is 68.5. The van der Waals surface area contributed by atoms with Gasteiger partial charge in [-0.15, -0.1) is 0 Å². The number of rotatable bonds is 74. The SMILES string of the molecule is CCCCCCCCCCCCCCCCCCCC(=O)O[C@H](COC(=O)CCCCCCCCCCCCC(C)CC)COP(=O)(O)OC[C@@H](O)COP(=O)(O)OC[C@@H](COC(=O)CCCCCCCCCCC(C)C)OC(=O)CCCCCCCCCCCCCC. The second-order valence-corrected chi connectivity index (χ2v) is 30.7. The number of unbranched alkanes of at least 4 members (excludes halogenated alkanes) is 43. The number of esters is 4. The van der Waals surface area contributed by atoms with Gasteiger partial charge >= 0.3 is 39.5 Å². The van der Waals surface area contributed by atoms with Gasteiger partial charge in [-0.05, 0) is 37.5 Å². The van der Waals surface area contributed by atoms with Crippen LogP contribution in [0.5, 0.6) is 0 Å². The Kier molecular flexibility index (Phi) is 65.5. The average Bonchev–Trinajstić information content (AvgIpc) is 1.31. The quantitative estimate of drug-likeness (QED) is 0.0222. The zero-order valence-electron chi connectivity index (χ0n) is 61.3. The Labute approximate surface area is 575 Å².